The van der Waals surface area contributed by atoms with E-state index in [4.69, 9.17) is 9.47 Å². The minimum atomic E-state index is -0.581. The highest BCUT2D eigenvalue weighted by Gasteiger charge is 2.46. The molecule has 132 valence electrons. The first-order valence-corrected chi connectivity index (χ1v) is 8.39. The predicted octanol–water partition coefficient (Wildman–Crippen LogP) is 2.97. The fourth-order valence-electron chi connectivity index (χ4n) is 3.45. The van der Waals surface area contributed by atoms with Gasteiger partial charge in [-0.15, -0.1) is 0 Å². The number of carbonyl (C=O) groups is 1. The lowest BCUT2D eigenvalue weighted by Gasteiger charge is -2.26. The van der Waals surface area contributed by atoms with E-state index < -0.39 is 17.4 Å². The van der Waals surface area contributed by atoms with Gasteiger partial charge < -0.3 is 14.8 Å². The van der Waals surface area contributed by atoms with Crippen molar-refractivity contribution < 1.29 is 23.0 Å². The Hall–Kier alpha value is -1.53. The van der Waals surface area contributed by atoms with Crippen LogP contribution >= 0.6 is 0 Å². The Balaban J connectivity index is 1.48. The van der Waals surface area contributed by atoms with Gasteiger partial charge in [0.25, 0.3) is 0 Å². The molecule has 1 N–H and O–H groups in total. The van der Waals surface area contributed by atoms with Crippen LogP contribution in [0.25, 0.3) is 0 Å². The first-order chi connectivity index (χ1) is 11.4. The number of nitrogens with one attached hydrogen (secondary N) is 1. The van der Waals surface area contributed by atoms with Crippen molar-refractivity contribution in [3.8, 4) is 0 Å². The molecule has 2 aliphatic rings. The second kappa shape index (κ2) is 6.76. The Bertz CT molecular complexity index is 596. The van der Waals surface area contributed by atoms with Gasteiger partial charge in [0.15, 0.2) is 5.79 Å². The van der Waals surface area contributed by atoms with Crippen LogP contribution in [0, 0.1) is 23.5 Å². The number of benzene rings is 1. The van der Waals surface area contributed by atoms with Gasteiger partial charge in [0.2, 0.25) is 5.91 Å². The van der Waals surface area contributed by atoms with E-state index in [9.17, 15) is 13.6 Å². The summed E-state index contributed by atoms with van der Waals surface area (Å²) in [6.45, 7) is 5.58. The summed E-state index contributed by atoms with van der Waals surface area (Å²) < 4.78 is 38.6. The summed E-state index contributed by atoms with van der Waals surface area (Å²) in [5.74, 6) is -2.41. The molecular formula is C18H23F2NO3. The van der Waals surface area contributed by atoms with Crippen molar-refractivity contribution in [3.63, 3.8) is 0 Å². The summed E-state index contributed by atoms with van der Waals surface area (Å²) in [6.07, 6.45) is 1.17. The second-order valence-electron chi connectivity index (χ2n) is 6.97. The van der Waals surface area contributed by atoms with Crippen LogP contribution < -0.4 is 5.32 Å². The summed E-state index contributed by atoms with van der Waals surface area (Å²) in [4.78, 5) is 12.2. The van der Waals surface area contributed by atoms with E-state index >= 15 is 0 Å². The Labute approximate surface area is 140 Å². The van der Waals surface area contributed by atoms with Crippen LogP contribution in [0.4, 0.5) is 8.78 Å². The second-order valence-corrected chi connectivity index (χ2v) is 6.97. The van der Waals surface area contributed by atoms with Crippen molar-refractivity contribution in [2.24, 2.45) is 11.8 Å². The lowest BCUT2D eigenvalue weighted by Crippen LogP contribution is -2.35. The normalized spacial score (nSPS) is 26.2. The number of hydrogen-bond donors (Lipinski definition) is 1. The first-order valence-electron chi connectivity index (χ1n) is 8.39. The van der Waals surface area contributed by atoms with Crippen LogP contribution in [0.15, 0.2) is 18.2 Å². The average molecular weight is 339 g/mol. The maximum atomic E-state index is 13.8. The van der Waals surface area contributed by atoms with Crippen molar-refractivity contribution in [1.82, 2.24) is 5.32 Å². The summed E-state index contributed by atoms with van der Waals surface area (Å²) in [7, 11) is 0. The molecule has 1 aromatic carbocycles. The summed E-state index contributed by atoms with van der Waals surface area (Å²) in [5, 5.41) is 2.88. The van der Waals surface area contributed by atoms with Crippen LogP contribution in [0.5, 0.6) is 0 Å². The van der Waals surface area contributed by atoms with Gasteiger partial charge in [-0.1, -0.05) is 13.0 Å². The molecule has 1 aromatic rings. The third kappa shape index (κ3) is 3.75. The molecule has 1 aliphatic carbocycles. The van der Waals surface area contributed by atoms with Crippen molar-refractivity contribution >= 4 is 5.91 Å². The zero-order valence-corrected chi connectivity index (χ0v) is 14.0. The molecule has 1 amide bonds. The number of ether oxygens (including phenoxy) is 2. The molecule has 0 bridgehead atoms. The van der Waals surface area contributed by atoms with E-state index in [0.717, 1.165) is 0 Å². The predicted molar refractivity (Wildman–Crippen MR) is 84.3 cm³/mol. The van der Waals surface area contributed by atoms with Crippen LogP contribution in [0.2, 0.25) is 0 Å². The lowest BCUT2D eigenvalue weighted by atomic mass is 10.0. The molecule has 0 spiro atoms. The van der Waals surface area contributed by atoms with E-state index in [2.05, 4.69) is 5.32 Å². The molecule has 0 unspecified atom stereocenters. The fourth-order valence-corrected chi connectivity index (χ4v) is 3.45. The largest absolute Gasteiger partial charge is 0.356 e. The highest BCUT2D eigenvalue weighted by Crippen LogP contribution is 2.49. The summed E-state index contributed by atoms with van der Waals surface area (Å²) in [6, 6.07) is 3.80. The molecule has 4 nitrogen and oxygen atoms in total. The number of hydrogen-bond acceptors (Lipinski definition) is 3. The Morgan fingerprint density at radius 2 is 1.96 bits per heavy atom. The minimum Gasteiger partial charge on any atom is -0.356 e. The maximum absolute atomic E-state index is 13.8. The third-order valence-corrected chi connectivity index (χ3v) is 4.74. The van der Waals surface area contributed by atoms with Gasteiger partial charge in [0.05, 0.1) is 13.2 Å². The fraction of sp³-hybridized carbons (Fsp3) is 0.611. The van der Waals surface area contributed by atoms with Gasteiger partial charge in [-0.25, -0.2) is 8.78 Å². The smallest absolute Gasteiger partial charge is 0.223 e. The van der Waals surface area contributed by atoms with Crippen LogP contribution in [0.1, 0.15) is 38.2 Å². The topological polar surface area (TPSA) is 47.6 Å². The van der Waals surface area contributed by atoms with Crippen molar-refractivity contribution in [3.05, 3.63) is 35.4 Å². The molecule has 3 atom stereocenters. The first kappa shape index (κ1) is 17.3. The Kier molecular flexibility index (Phi) is 4.88. The highest BCUT2D eigenvalue weighted by atomic mass is 19.1. The number of halogens is 2. The summed E-state index contributed by atoms with van der Waals surface area (Å²) >= 11 is 0. The average Bonchev–Trinajstić information content (AvgIpc) is 3.19. The molecule has 1 saturated carbocycles. The van der Waals surface area contributed by atoms with Gasteiger partial charge in [0, 0.05) is 30.4 Å². The van der Waals surface area contributed by atoms with Crippen LogP contribution in [-0.2, 0) is 14.3 Å². The molecule has 6 heteroatoms. The molecule has 0 aromatic heterocycles. The minimum absolute atomic E-state index is 0.0333. The van der Waals surface area contributed by atoms with E-state index in [-0.39, 0.29) is 29.2 Å². The van der Waals surface area contributed by atoms with E-state index in [1.165, 1.54) is 18.2 Å². The standard InChI is InChI=1S/C18H23F2NO3/c1-11(9-18(2)23-6-7-24-18)10-21-17(22)13-8-12(13)16-14(19)4-3-5-15(16)20/h3-5,11-13H,6-10H2,1-2H3,(H,21,22)/t11-,12-,13+/m0/s1. The van der Waals surface area contributed by atoms with Crippen molar-refractivity contribution in [2.45, 2.75) is 38.4 Å². The van der Waals surface area contributed by atoms with Gasteiger partial charge in [-0.3, -0.25) is 4.79 Å². The molecule has 1 heterocycles. The zero-order valence-electron chi connectivity index (χ0n) is 14.0. The van der Waals surface area contributed by atoms with Crippen LogP contribution in [-0.4, -0.2) is 31.5 Å². The molecule has 1 aliphatic heterocycles. The quantitative estimate of drug-likeness (QED) is 0.867. The Morgan fingerprint density at radius 3 is 2.58 bits per heavy atom. The number of rotatable bonds is 6. The number of carbonyl (C=O) groups excluding carboxylic acids is 1. The molecule has 3 rings (SSSR count). The van der Waals surface area contributed by atoms with E-state index in [1.807, 2.05) is 13.8 Å². The molecule has 0 radical (unpaired) electrons. The van der Waals surface area contributed by atoms with Gasteiger partial charge in [-0.05, 0) is 31.4 Å². The van der Waals surface area contributed by atoms with Crippen molar-refractivity contribution in [1.29, 1.82) is 0 Å². The monoisotopic (exact) mass is 339 g/mol. The maximum Gasteiger partial charge on any atom is 0.223 e. The van der Waals surface area contributed by atoms with E-state index in [0.29, 0.717) is 32.6 Å². The van der Waals surface area contributed by atoms with E-state index in [1.54, 1.807) is 0 Å². The van der Waals surface area contributed by atoms with Gasteiger partial charge in [-0.2, -0.15) is 0 Å². The van der Waals surface area contributed by atoms with Crippen molar-refractivity contribution in [2.75, 3.05) is 19.8 Å². The zero-order chi connectivity index (χ0) is 17.3. The Morgan fingerprint density at radius 1 is 1.33 bits per heavy atom. The summed E-state index contributed by atoms with van der Waals surface area (Å²) in [5.41, 5.74) is 0.0333. The highest BCUT2D eigenvalue weighted by molar-refractivity contribution is 5.82. The molecular weight excluding hydrogens is 316 g/mol. The lowest BCUT2D eigenvalue weighted by molar-refractivity contribution is -0.154. The molecule has 24 heavy (non-hydrogen) atoms. The number of amides is 1. The van der Waals surface area contributed by atoms with Crippen LogP contribution in [0.3, 0.4) is 0 Å². The van der Waals surface area contributed by atoms with Gasteiger partial charge in [0.1, 0.15) is 11.6 Å². The van der Waals surface area contributed by atoms with Gasteiger partial charge >= 0.3 is 0 Å². The molecule has 2 fully saturated rings. The third-order valence-electron chi connectivity index (χ3n) is 4.74. The molecule has 1 saturated heterocycles. The SMILES string of the molecule is C[C@H](CNC(=O)[C@@H]1C[C@@H]1c1c(F)cccc1F)CC1(C)OCCO1.